The third-order valence-corrected chi connectivity index (χ3v) is 6.47. The average Bonchev–Trinajstić information content (AvgIpc) is 2.97. The van der Waals surface area contributed by atoms with Gasteiger partial charge in [-0.25, -0.2) is 8.42 Å². The Morgan fingerprint density at radius 3 is 2.43 bits per heavy atom. The standard InChI is InChI=1S/C16H23ClN2O3S/c1-11(2)12(3)18-16(20)15-5-4-10-19(15)23(21,22)14-8-6-13(17)7-9-14/h6-9,11-12,15H,4-5,10H2,1-3H3,(H,18,20)/t12-,15-/m0/s1. The fourth-order valence-corrected chi connectivity index (χ4v) is 4.30. The smallest absolute Gasteiger partial charge is 0.243 e. The van der Waals surface area contributed by atoms with Gasteiger partial charge >= 0.3 is 0 Å². The molecule has 1 aromatic carbocycles. The molecule has 0 radical (unpaired) electrons. The molecule has 1 aliphatic rings. The van der Waals surface area contributed by atoms with Crippen LogP contribution < -0.4 is 5.32 Å². The normalized spacial score (nSPS) is 20.7. The Labute approximate surface area is 143 Å². The highest BCUT2D eigenvalue weighted by molar-refractivity contribution is 7.89. The molecule has 1 heterocycles. The SMILES string of the molecule is CC(C)[C@H](C)NC(=O)[C@@H]1CCCN1S(=O)(=O)c1ccc(Cl)cc1. The third-order valence-electron chi connectivity index (χ3n) is 4.30. The number of hydrogen-bond donors (Lipinski definition) is 1. The van der Waals surface area contributed by atoms with Crippen LogP contribution in [0.1, 0.15) is 33.6 Å². The lowest BCUT2D eigenvalue weighted by Crippen LogP contribution is -2.49. The maximum atomic E-state index is 12.8. The van der Waals surface area contributed by atoms with Gasteiger partial charge in [0.15, 0.2) is 0 Å². The van der Waals surface area contributed by atoms with Gasteiger partial charge in [-0.05, 0) is 49.9 Å². The number of sulfonamides is 1. The first kappa shape index (κ1) is 18.2. The van der Waals surface area contributed by atoms with E-state index in [2.05, 4.69) is 5.32 Å². The molecule has 2 rings (SSSR count). The minimum atomic E-state index is -3.69. The summed E-state index contributed by atoms with van der Waals surface area (Å²) in [5, 5.41) is 3.40. The van der Waals surface area contributed by atoms with Crippen LogP contribution in [0.4, 0.5) is 0 Å². The van der Waals surface area contributed by atoms with Crippen molar-refractivity contribution < 1.29 is 13.2 Å². The highest BCUT2D eigenvalue weighted by atomic mass is 35.5. The van der Waals surface area contributed by atoms with E-state index in [9.17, 15) is 13.2 Å². The number of carbonyl (C=O) groups is 1. The Morgan fingerprint density at radius 1 is 1.26 bits per heavy atom. The van der Waals surface area contributed by atoms with Crippen molar-refractivity contribution in [1.29, 1.82) is 0 Å². The first-order chi connectivity index (χ1) is 10.7. The molecule has 1 aliphatic heterocycles. The van der Waals surface area contributed by atoms with Crippen LogP contribution in [0.25, 0.3) is 0 Å². The van der Waals surface area contributed by atoms with Crippen molar-refractivity contribution in [1.82, 2.24) is 9.62 Å². The second-order valence-corrected chi connectivity index (χ2v) is 8.60. The van der Waals surface area contributed by atoms with E-state index in [-0.39, 0.29) is 16.8 Å². The number of hydrogen-bond acceptors (Lipinski definition) is 3. The summed E-state index contributed by atoms with van der Waals surface area (Å²) in [5.41, 5.74) is 0. The lowest BCUT2D eigenvalue weighted by molar-refractivity contribution is -0.125. The van der Waals surface area contributed by atoms with Crippen LogP contribution in [0.5, 0.6) is 0 Å². The zero-order chi connectivity index (χ0) is 17.2. The van der Waals surface area contributed by atoms with E-state index in [0.29, 0.717) is 30.3 Å². The van der Waals surface area contributed by atoms with Crippen LogP contribution in [-0.2, 0) is 14.8 Å². The van der Waals surface area contributed by atoms with Crippen molar-refractivity contribution in [3.63, 3.8) is 0 Å². The number of nitrogens with zero attached hydrogens (tertiary/aromatic N) is 1. The zero-order valence-corrected chi connectivity index (χ0v) is 15.2. The van der Waals surface area contributed by atoms with Gasteiger partial charge in [0, 0.05) is 17.6 Å². The summed E-state index contributed by atoms with van der Waals surface area (Å²) in [6.07, 6.45) is 1.23. The number of benzene rings is 1. The van der Waals surface area contributed by atoms with Gasteiger partial charge in [-0.3, -0.25) is 4.79 Å². The average molecular weight is 359 g/mol. The lowest BCUT2D eigenvalue weighted by Gasteiger charge is -2.26. The molecule has 23 heavy (non-hydrogen) atoms. The minimum Gasteiger partial charge on any atom is -0.352 e. The predicted molar refractivity (Wildman–Crippen MR) is 90.8 cm³/mol. The quantitative estimate of drug-likeness (QED) is 0.879. The Bertz CT molecular complexity index is 658. The molecule has 0 aromatic heterocycles. The van der Waals surface area contributed by atoms with E-state index in [0.717, 1.165) is 0 Å². The van der Waals surface area contributed by atoms with Gasteiger partial charge in [-0.1, -0.05) is 25.4 Å². The highest BCUT2D eigenvalue weighted by Gasteiger charge is 2.39. The van der Waals surface area contributed by atoms with Crippen LogP contribution in [0.2, 0.25) is 5.02 Å². The Kier molecular flexibility index (Phi) is 5.70. The predicted octanol–water partition coefficient (Wildman–Crippen LogP) is 2.65. The van der Waals surface area contributed by atoms with Gasteiger partial charge in [0.05, 0.1) is 4.90 Å². The Hall–Kier alpha value is -1.11. The van der Waals surface area contributed by atoms with Crippen molar-refractivity contribution >= 4 is 27.5 Å². The van der Waals surface area contributed by atoms with Crippen LogP contribution in [-0.4, -0.2) is 37.3 Å². The first-order valence-corrected chi connectivity index (χ1v) is 9.63. The third kappa shape index (κ3) is 4.05. The van der Waals surface area contributed by atoms with Gasteiger partial charge in [0.2, 0.25) is 15.9 Å². The number of halogens is 1. The molecular formula is C16H23ClN2O3S. The van der Waals surface area contributed by atoms with E-state index in [1.165, 1.54) is 16.4 Å². The molecule has 1 aromatic rings. The molecule has 0 saturated carbocycles. The van der Waals surface area contributed by atoms with Crippen molar-refractivity contribution in [2.75, 3.05) is 6.54 Å². The van der Waals surface area contributed by atoms with Gasteiger partial charge in [0.25, 0.3) is 0 Å². The van der Waals surface area contributed by atoms with Crippen LogP contribution >= 0.6 is 11.6 Å². The van der Waals surface area contributed by atoms with E-state index < -0.39 is 16.1 Å². The molecule has 7 heteroatoms. The fraction of sp³-hybridized carbons (Fsp3) is 0.562. The molecule has 0 aliphatic carbocycles. The Balaban J connectivity index is 2.20. The van der Waals surface area contributed by atoms with Crippen LogP contribution in [0.3, 0.4) is 0 Å². The van der Waals surface area contributed by atoms with Gasteiger partial charge in [0.1, 0.15) is 6.04 Å². The van der Waals surface area contributed by atoms with Gasteiger partial charge in [-0.2, -0.15) is 4.31 Å². The number of carbonyl (C=O) groups excluding carboxylic acids is 1. The maximum absolute atomic E-state index is 12.8. The second-order valence-electron chi connectivity index (χ2n) is 6.27. The Morgan fingerprint density at radius 2 is 1.87 bits per heavy atom. The van der Waals surface area contributed by atoms with Gasteiger partial charge in [-0.15, -0.1) is 0 Å². The van der Waals surface area contributed by atoms with E-state index in [1.807, 2.05) is 20.8 Å². The zero-order valence-electron chi connectivity index (χ0n) is 13.6. The summed E-state index contributed by atoms with van der Waals surface area (Å²) >= 11 is 5.81. The molecule has 1 saturated heterocycles. The summed E-state index contributed by atoms with van der Waals surface area (Å²) in [4.78, 5) is 12.6. The topological polar surface area (TPSA) is 66.5 Å². The molecule has 1 fully saturated rings. The van der Waals surface area contributed by atoms with Gasteiger partial charge < -0.3 is 5.32 Å². The molecular weight excluding hydrogens is 336 g/mol. The van der Waals surface area contributed by atoms with Crippen molar-refractivity contribution in [2.24, 2.45) is 5.92 Å². The number of nitrogens with one attached hydrogen (secondary N) is 1. The molecule has 0 spiro atoms. The molecule has 0 bridgehead atoms. The van der Waals surface area contributed by atoms with E-state index in [4.69, 9.17) is 11.6 Å². The summed E-state index contributed by atoms with van der Waals surface area (Å²) < 4.78 is 26.9. The summed E-state index contributed by atoms with van der Waals surface area (Å²) in [6.45, 7) is 6.32. The summed E-state index contributed by atoms with van der Waals surface area (Å²) in [6, 6.07) is 5.39. The summed E-state index contributed by atoms with van der Waals surface area (Å²) in [7, 11) is -3.69. The van der Waals surface area contributed by atoms with Crippen LogP contribution in [0, 0.1) is 5.92 Å². The van der Waals surface area contributed by atoms with E-state index in [1.54, 1.807) is 12.1 Å². The largest absolute Gasteiger partial charge is 0.352 e. The van der Waals surface area contributed by atoms with Crippen LogP contribution in [0.15, 0.2) is 29.2 Å². The molecule has 1 N–H and O–H groups in total. The monoisotopic (exact) mass is 358 g/mol. The van der Waals surface area contributed by atoms with Crippen molar-refractivity contribution in [3.05, 3.63) is 29.3 Å². The van der Waals surface area contributed by atoms with Crippen molar-refractivity contribution in [3.8, 4) is 0 Å². The minimum absolute atomic E-state index is 0.00295. The van der Waals surface area contributed by atoms with Crippen molar-refractivity contribution in [2.45, 2.75) is 50.6 Å². The fourth-order valence-electron chi connectivity index (χ4n) is 2.52. The number of rotatable bonds is 5. The molecule has 2 atom stereocenters. The second kappa shape index (κ2) is 7.20. The molecule has 128 valence electrons. The lowest BCUT2D eigenvalue weighted by atomic mass is 10.1. The molecule has 0 unspecified atom stereocenters. The first-order valence-electron chi connectivity index (χ1n) is 7.81. The highest BCUT2D eigenvalue weighted by Crippen LogP contribution is 2.27. The molecule has 1 amide bonds. The molecule has 5 nitrogen and oxygen atoms in total. The van der Waals surface area contributed by atoms with E-state index >= 15 is 0 Å². The summed E-state index contributed by atoms with van der Waals surface area (Å²) in [5.74, 6) is 0.0721. The number of amides is 1. The maximum Gasteiger partial charge on any atom is 0.243 e.